The van der Waals surface area contributed by atoms with Crippen LogP contribution in [0.1, 0.15) is 15.4 Å². The zero-order chi connectivity index (χ0) is 19.0. The molecule has 4 rings (SSSR count). The maximum absolute atomic E-state index is 12.7. The lowest BCUT2D eigenvalue weighted by Gasteiger charge is -2.04. The fraction of sp³-hybridized carbons (Fsp3) is 0.0500. The molecule has 0 aliphatic carbocycles. The molecular weight excluding hydrogens is 380 g/mol. The van der Waals surface area contributed by atoms with E-state index in [1.54, 1.807) is 24.3 Å². The van der Waals surface area contributed by atoms with Crippen LogP contribution in [-0.2, 0) is 0 Å². The highest BCUT2D eigenvalue weighted by molar-refractivity contribution is 7.21. The fourth-order valence-corrected chi connectivity index (χ4v) is 3.97. The van der Waals surface area contributed by atoms with Crippen molar-refractivity contribution in [2.24, 2.45) is 0 Å². The molecule has 0 aliphatic heterocycles. The normalized spacial score (nSPS) is 10.9. The largest absolute Gasteiger partial charge is 0.397 e. The Kier molecular flexibility index (Phi) is 4.51. The zero-order valence-electron chi connectivity index (χ0n) is 14.4. The first kappa shape index (κ1) is 17.5. The number of carbonyl (C=O) groups is 1. The van der Waals surface area contributed by atoms with Gasteiger partial charge in [0, 0.05) is 16.3 Å². The first-order chi connectivity index (χ1) is 13.0. The van der Waals surface area contributed by atoms with Crippen molar-refractivity contribution in [3.63, 3.8) is 0 Å². The molecule has 1 amide bonds. The highest BCUT2D eigenvalue weighted by Crippen LogP contribution is 2.35. The molecule has 2 heterocycles. The molecule has 134 valence electrons. The predicted molar refractivity (Wildman–Crippen MR) is 111 cm³/mol. The van der Waals surface area contributed by atoms with E-state index in [1.807, 2.05) is 37.3 Å². The zero-order valence-corrected chi connectivity index (χ0v) is 15.9. The summed E-state index contributed by atoms with van der Waals surface area (Å²) in [6, 6.07) is 16.6. The molecule has 2 aromatic heterocycles. The van der Waals surface area contributed by atoms with E-state index in [9.17, 15) is 4.79 Å². The molecule has 0 aliphatic rings. The molecule has 0 atom stereocenters. The molecule has 7 heteroatoms. The lowest BCUT2D eigenvalue weighted by molar-refractivity contribution is 0.103. The Bertz CT molecular complexity index is 1140. The molecule has 0 fully saturated rings. The second-order valence-electron chi connectivity index (χ2n) is 5.98. The van der Waals surface area contributed by atoms with Gasteiger partial charge in [-0.15, -0.1) is 11.3 Å². The summed E-state index contributed by atoms with van der Waals surface area (Å²) in [5.74, 6) is 0.338. The van der Waals surface area contributed by atoms with E-state index >= 15 is 0 Å². The van der Waals surface area contributed by atoms with E-state index in [1.165, 1.54) is 11.3 Å². The van der Waals surface area contributed by atoms with Crippen LogP contribution in [0.5, 0.6) is 0 Å². The standard InChI is InChI=1S/C20H15ClN4OS/c1-11-15-16(22)17(19(26)24-14-9-7-13(21)8-10-14)27-20(15)25-18(23-11)12-5-3-2-4-6-12/h2-10H,22H2,1H3,(H,24,26). The maximum atomic E-state index is 12.7. The number of aryl methyl sites for hydroxylation is 1. The Balaban J connectivity index is 1.74. The van der Waals surface area contributed by atoms with Gasteiger partial charge in [-0.3, -0.25) is 4.79 Å². The van der Waals surface area contributed by atoms with Crippen molar-refractivity contribution in [2.45, 2.75) is 6.92 Å². The number of rotatable bonds is 3. The summed E-state index contributed by atoms with van der Waals surface area (Å²) in [5, 5.41) is 4.17. The Hall–Kier alpha value is -2.96. The third-order valence-corrected chi connectivity index (χ3v) is 5.46. The van der Waals surface area contributed by atoms with E-state index < -0.39 is 0 Å². The van der Waals surface area contributed by atoms with Gasteiger partial charge in [-0.05, 0) is 31.2 Å². The lowest BCUT2D eigenvalue weighted by Crippen LogP contribution is -2.11. The minimum atomic E-state index is -0.279. The maximum Gasteiger partial charge on any atom is 0.267 e. The van der Waals surface area contributed by atoms with Gasteiger partial charge in [0.05, 0.1) is 16.8 Å². The number of aromatic nitrogens is 2. The number of amides is 1. The Morgan fingerprint density at radius 3 is 2.48 bits per heavy atom. The van der Waals surface area contributed by atoms with E-state index in [0.29, 0.717) is 31.9 Å². The van der Waals surface area contributed by atoms with Crippen molar-refractivity contribution in [3.8, 4) is 11.4 Å². The molecule has 0 radical (unpaired) electrons. The molecule has 4 aromatic rings. The second-order valence-corrected chi connectivity index (χ2v) is 7.42. The summed E-state index contributed by atoms with van der Waals surface area (Å²) >= 11 is 7.14. The van der Waals surface area contributed by atoms with Gasteiger partial charge in [-0.2, -0.15) is 0 Å². The van der Waals surface area contributed by atoms with Crippen LogP contribution in [-0.4, -0.2) is 15.9 Å². The number of benzene rings is 2. The van der Waals surface area contributed by atoms with E-state index in [4.69, 9.17) is 17.3 Å². The molecule has 0 bridgehead atoms. The number of fused-ring (bicyclic) bond motifs is 1. The number of nitrogens with zero attached hydrogens (tertiary/aromatic N) is 2. The van der Waals surface area contributed by atoms with Gasteiger partial charge in [-0.1, -0.05) is 41.9 Å². The quantitative estimate of drug-likeness (QED) is 0.503. The van der Waals surface area contributed by atoms with Crippen LogP contribution in [0.4, 0.5) is 11.4 Å². The lowest BCUT2D eigenvalue weighted by atomic mass is 10.2. The van der Waals surface area contributed by atoms with E-state index in [-0.39, 0.29) is 5.91 Å². The summed E-state index contributed by atoms with van der Waals surface area (Å²) in [6.07, 6.45) is 0. The van der Waals surface area contributed by atoms with Crippen LogP contribution in [0.2, 0.25) is 5.02 Å². The van der Waals surface area contributed by atoms with Crippen LogP contribution in [0.25, 0.3) is 21.6 Å². The van der Waals surface area contributed by atoms with Gasteiger partial charge in [0.25, 0.3) is 5.91 Å². The smallest absolute Gasteiger partial charge is 0.267 e. The average Bonchev–Trinajstić information content (AvgIpc) is 3.01. The molecule has 5 nitrogen and oxygen atoms in total. The number of halogens is 1. The molecule has 0 saturated heterocycles. The van der Waals surface area contributed by atoms with Crippen molar-refractivity contribution >= 4 is 50.4 Å². The summed E-state index contributed by atoms with van der Waals surface area (Å²) in [5.41, 5.74) is 8.97. The van der Waals surface area contributed by atoms with Crippen molar-refractivity contribution in [1.29, 1.82) is 0 Å². The van der Waals surface area contributed by atoms with Crippen molar-refractivity contribution in [2.75, 3.05) is 11.1 Å². The fourth-order valence-electron chi connectivity index (χ4n) is 2.80. The number of nitrogens with one attached hydrogen (secondary N) is 1. The van der Waals surface area contributed by atoms with Crippen LogP contribution < -0.4 is 11.1 Å². The van der Waals surface area contributed by atoms with E-state index in [0.717, 1.165) is 16.6 Å². The molecule has 0 saturated carbocycles. The summed E-state index contributed by atoms with van der Waals surface area (Å²) < 4.78 is 0. The number of anilines is 2. The molecule has 3 N–H and O–H groups in total. The SMILES string of the molecule is Cc1nc(-c2ccccc2)nc2sc(C(=O)Nc3ccc(Cl)cc3)c(N)c12. The van der Waals surface area contributed by atoms with Gasteiger partial charge < -0.3 is 11.1 Å². The molecule has 0 spiro atoms. The van der Waals surface area contributed by atoms with Crippen molar-refractivity contribution in [3.05, 3.63) is 70.2 Å². The molecule has 2 aromatic carbocycles. The number of hydrogen-bond donors (Lipinski definition) is 2. The molecular formula is C20H15ClN4OS. The number of carbonyl (C=O) groups excluding carboxylic acids is 1. The molecule has 0 unspecified atom stereocenters. The van der Waals surface area contributed by atoms with Gasteiger partial charge in [-0.25, -0.2) is 9.97 Å². The highest BCUT2D eigenvalue weighted by Gasteiger charge is 2.20. The topological polar surface area (TPSA) is 80.9 Å². The number of nitrogens with two attached hydrogens (primary N) is 1. The minimum absolute atomic E-state index is 0.279. The third-order valence-electron chi connectivity index (χ3n) is 4.11. The predicted octanol–water partition coefficient (Wildman–Crippen LogP) is 5.15. The van der Waals surface area contributed by atoms with Gasteiger partial charge >= 0.3 is 0 Å². The number of hydrogen-bond acceptors (Lipinski definition) is 5. The summed E-state index contributed by atoms with van der Waals surface area (Å²) in [6.45, 7) is 1.88. The van der Waals surface area contributed by atoms with Crippen molar-refractivity contribution < 1.29 is 4.79 Å². The van der Waals surface area contributed by atoms with Crippen LogP contribution in [0, 0.1) is 6.92 Å². The summed E-state index contributed by atoms with van der Waals surface area (Å²) in [7, 11) is 0. The van der Waals surface area contributed by atoms with Crippen LogP contribution in [0.3, 0.4) is 0 Å². The first-order valence-corrected chi connectivity index (χ1v) is 9.41. The van der Waals surface area contributed by atoms with Gasteiger partial charge in [0.2, 0.25) is 0 Å². The Morgan fingerprint density at radius 1 is 1.07 bits per heavy atom. The van der Waals surface area contributed by atoms with Crippen molar-refractivity contribution in [1.82, 2.24) is 9.97 Å². The van der Waals surface area contributed by atoms with Gasteiger partial charge in [0.1, 0.15) is 9.71 Å². The Morgan fingerprint density at radius 2 is 1.78 bits per heavy atom. The number of thiophene rings is 1. The minimum Gasteiger partial charge on any atom is -0.397 e. The third kappa shape index (κ3) is 3.37. The van der Waals surface area contributed by atoms with Gasteiger partial charge in [0.15, 0.2) is 5.82 Å². The average molecular weight is 395 g/mol. The first-order valence-electron chi connectivity index (χ1n) is 8.22. The number of nitrogen functional groups attached to an aromatic ring is 1. The van der Waals surface area contributed by atoms with Crippen LogP contribution in [0.15, 0.2) is 54.6 Å². The second kappa shape index (κ2) is 6.98. The monoisotopic (exact) mass is 394 g/mol. The van der Waals surface area contributed by atoms with Crippen LogP contribution >= 0.6 is 22.9 Å². The summed E-state index contributed by atoms with van der Waals surface area (Å²) in [4.78, 5) is 23.0. The van der Waals surface area contributed by atoms with E-state index in [2.05, 4.69) is 15.3 Å². The Labute approximate surface area is 164 Å². The highest BCUT2D eigenvalue weighted by atomic mass is 35.5. The molecule has 27 heavy (non-hydrogen) atoms.